The van der Waals surface area contributed by atoms with E-state index in [9.17, 15) is 9.00 Å². The highest BCUT2D eigenvalue weighted by atomic mass is 32.2. The quantitative estimate of drug-likeness (QED) is 0.673. The molecule has 1 unspecified atom stereocenters. The Hall–Kier alpha value is -0.420. The van der Waals surface area contributed by atoms with Crippen LogP contribution in [-0.2, 0) is 20.2 Å². The lowest BCUT2D eigenvalue weighted by Crippen LogP contribution is -2.27. The highest BCUT2D eigenvalue weighted by molar-refractivity contribution is 7.78. The van der Waals surface area contributed by atoms with Gasteiger partial charge in [0.2, 0.25) is 5.91 Å². The van der Waals surface area contributed by atoms with Gasteiger partial charge in [-0.05, 0) is 19.8 Å². The van der Waals surface area contributed by atoms with Gasteiger partial charge in [-0.1, -0.05) is 0 Å². The summed E-state index contributed by atoms with van der Waals surface area (Å²) in [7, 11) is 0. The van der Waals surface area contributed by atoms with E-state index in [2.05, 4.69) is 4.72 Å². The maximum atomic E-state index is 10.9. The van der Waals surface area contributed by atoms with E-state index in [4.69, 9.17) is 4.18 Å². The van der Waals surface area contributed by atoms with E-state index >= 15 is 0 Å². The Morgan fingerprint density at radius 3 is 2.55 bits per heavy atom. The Bertz CT molecular complexity index is 200. The van der Waals surface area contributed by atoms with Crippen molar-refractivity contribution in [3.8, 4) is 0 Å². The Kier molecular flexibility index (Phi) is 2.29. The summed E-state index contributed by atoms with van der Waals surface area (Å²) in [6.45, 7) is 3.17. The van der Waals surface area contributed by atoms with E-state index in [1.807, 2.05) is 6.92 Å². The van der Waals surface area contributed by atoms with Gasteiger partial charge < -0.3 is 0 Å². The molecule has 64 valence electrons. The predicted octanol–water partition coefficient (Wildman–Crippen LogP) is 0.270. The van der Waals surface area contributed by atoms with Gasteiger partial charge >= 0.3 is 0 Å². The molecule has 0 radical (unpaired) electrons. The lowest BCUT2D eigenvalue weighted by Gasteiger charge is -2.07. The van der Waals surface area contributed by atoms with Gasteiger partial charge in [-0.15, -0.1) is 0 Å². The fourth-order valence-corrected chi connectivity index (χ4v) is 1.39. The van der Waals surface area contributed by atoms with Crippen LogP contribution < -0.4 is 4.72 Å². The number of hydrogen-bond acceptors (Lipinski definition) is 3. The Morgan fingerprint density at radius 1 is 1.64 bits per heavy atom. The van der Waals surface area contributed by atoms with Gasteiger partial charge in [0.1, 0.15) is 0 Å². The summed E-state index contributed by atoms with van der Waals surface area (Å²) < 4.78 is 18.0. The minimum Gasteiger partial charge on any atom is -0.274 e. The molecule has 0 saturated heterocycles. The maximum absolute atomic E-state index is 10.9. The van der Waals surface area contributed by atoms with Gasteiger partial charge in [0.25, 0.3) is 11.3 Å². The van der Waals surface area contributed by atoms with Crippen LogP contribution in [0.15, 0.2) is 0 Å². The van der Waals surface area contributed by atoms with Crippen molar-refractivity contribution in [2.45, 2.75) is 32.3 Å². The SMILES string of the molecule is CC(=O)NS(=O)OC1(C)CC1. The molecule has 0 spiro atoms. The van der Waals surface area contributed by atoms with E-state index in [-0.39, 0.29) is 11.5 Å². The molecule has 0 aromatic carbocycles. The largest absolute Gasteiger partial charge is 0.274 e. The van der Waals surface area contributed by atoms with Crippen molar-refractivity contribution in [3.63, 3.8) is 0 Å². The van der Waals surface area contributed by atoms with Crippen molar-refractivity contribution in [3.05, 3.63) is 0 Å². The highest BCUT2D eigenvalue weighted by Crippen LogP contribution is 2.39. The van der Waals surface area contributed by atoms with Crippen molar-refractivity contribution in [2.24, 2.45) is 0 Å². The number of nitrogens with one attached hydrogen (secondary N) is 1. The first-order chi connectivity index (χ1) is 5.02. The minimum absolute atomic E-state index is 0.257. The molecule has 1 aliphatic rings. The van der Waals surface area contributed by atoms with Crippen LogP contribution in [0.1, 0.15) is 26.7 Å². The summed E-state index contributed by atoms with van der Waals surface area (Å²) in [4.78, 5) is 10.4. The fourth-order valence-electron chi connectivity index (χ4n) is 0.580. The highest BCUT2D eigenvalue weighted by Gasteiger charge is 2.41. The molecule has 1 N–H and O–H groups in total. The molecule has 4 nitrogen and oxygen atoms in total. The van der Waals surface area contributed by atoms with E-state index in [1.54, 1.807) is 0 Å². The first-order valence-electron chi connectivity index (χ1n) is 3.40. The second-order valence-electron chi connectivity index (χ2n) is 2.93. The smallest absolute Gasteiger partial charge is 0.264 e. The molecule has 1 amide bonds. The average molecular weight is 177 g/mol. The number of hydrogen-bond donors (Lipinski definition) is 1. The molecule has 11 heavy (non-hydrogen) atoms. The van der Waals surface area contributed by atoms with E-state index in [0.717, 1.165) is 12.8 Å². The van der Waals surface area contributed by atoms with Crippen LogP contribution >= 0.6 is 0 Å². The van der Waals surface area contributed by atoms with E-state index in [1.165, 1.54) is 6.92 Å². The van der Waals surface area contributed by atoms with Crippen molar-refractivity contribution < 1.29 is 13.2 Å². The third-order valence-corrected chi connectivity index (χ3v) is 2.47. The topological polar surface area (TPSA) is 55.4 Å². The van der Waals surface area contributed by atoms with Crippen LogP contribution in [0.2, 0.25) is 0 Å². The van der Waals surface area contributed by atoms with Crippen LogP contribution in [0.5, 0.6) is 0 Å². The molecule has 1 fully saturated rings. The summed E-state index contributed by atoms with van der Waals surface area (Å²) in [5, 5.41) is 0. The molecule has 0 aliphatic heterocycles. The molecule has 0 aromatic heterocycles. The van der Waals surface area contributed by atoms with E-state index in [0.29, 0.717) is 0 Å². The lowest BCUT2D eigenvalue weighted by atomic mass is 10.4. The molecule has 0 bridgehead atoms. The van der Waals surface area contributed by atoms with Gasteiger partial charge in [-0.2, -0.15) is 0 Å². The summed E-state index contributed by atoms with van der Waals surface area (Å²) >= 11 is -1.66. The Labute approximate surface area is 68.1 Å². The number of rotatable bonds is 3. The van der Waals surface area contributed by atoms with Crippen molar-refractivity contribution in [1.29, 1.82) is 0 Å². The second-order valence-corrected chi connectivity index (χ2v) is 3.77. The number of carbonyl (C=O) groups excluding carboxylic acids is 1. The number of amides is 1. The summed E-state index contributed by atoms with van der Waals surface area (Å²) in [6.07, 6.45) is 1.83. The molecule has 1 saturated carbocycles. The molecule has 0 heterocycles. The third-order valence-electron chi connectivity index (χ3n) is 1.46. The third kappa shape index (κ3) is 2.98. The standard InChI is InChI=1S/C6H11NO3S/c1-5(8)7-11(9)10-6(2)3-4-6/h3-4H2,1-2H3,(H,7,8). The van der Waals surface area contributed by atoms with Crippen molar-refractivity contribution in [1.82, 2.24) is 4.72 Å². The van der Waals surface area contributed by atoms with Gasteiger partial charge in [0, 0.05) is 6.92 Å². The van der Waals surface area contributed by atoms with Crippen LogP contribution in [0.3, 0.4) is 0 Å². The molecule has 1 atom stereocenters. The van der Waals surface area contributed by atoms with Crippen LogP contribution in [0, 0.1) is 0 Å². The average Bonchev–Trinajstić information content (AvgIpc) is 2.44. The van der Waals surface area contributed by atoms with Crippen molar-refractivity contribution in [2.75, 3.05) is 0 Å². The predicted molar refractivity (Wildman–Crippen MR) is 40.7 cm³/mol. The number of carbonyl (C=O) groups is 1. The maximum Gasteiger partial charge on any atom is 0.264 e. The van der Waals surface area contributed by atoms with Crippen molar-refractivity contribution >= 4 is 17.2 Å². The van der Waals surface area contributed by atoms with Crippen LogP contribution in [-0.4, -0.2) is 15.7 Å². The zero-order valence-corrected chi connectivity index (χ0v) is 7.36. The lowest BCUT2D eigenvalue weighted by molar-refractivity contribution is -0.117. The van der Waals surface area contributed by atoms with Gasteiger partial charge in [0.05, 0.1) is 5.60 Å². The van der Waals surface area contributed by atoms with Gasteiger partial charge in [0.15, 0.2) is 0 Å². The van der Waals surface area contributed by atoms with Crippen LogP contribution in [0.25, 0.3) is 0 Å². The molecule has 0 aromatic rings. The summed E-state index contributed by atoms with van der Waals surface area (Å²) in [6, 6.07) is 0. The molecule has 5 heteroatoms. The minimum atomic E-state index is -1.66. The zero-order valence-electron chi connectivity index (χ0n) is 6.55. The second kappa shape index (κ2) is 2.91. The van der Waals surface area contributed by atoms with Crippen LogP contribution in [0.4, 0.5) is 0 Å². The van der Waals surface area contributed by atoms with Gasteiger partial charge in [-0.25, -0.2) is 4.21 Å². The molecular weight excluding hydrogens is 166 g/mol. The summed E-state index contributed by atoms with van der Waals surface area (Å²) in [5.74, 6) is -0.340. The monoisotopic (exact) mass is 177 g/mol. The molecular formula is C6H11NO3S. The molecule has 1 aliphatic carbocycles. The van der Waals surface area contributed by atoms with E-state index < -0.39 is 11.3 Å². The first kappa shape index (κ1) is 8.67. The zero-order chi connectivity index (χ0) is 8.48. The fraction of sp³-hybridized carbons (Fsp3) is 0.833. The van der Waals surface area contributed by atoms with Gasteiger partial charge in [-0.3, -0.25) is 13.7 Å². The first-order valence-corrected chi connectivity index (χ1v) is 4.48. The molecule has 1 rings (SSSR count). The normalized spacial score (nSPS) is 22.4. The Morgan fingerprint density at radius 2 is 2.18 bits per heavy atom. The Balaban J connectivity index is 2.26. The summed E-state index contributed by atoms with van der Waals surface area (Å²) in [5.41, 5.74) is -0.257.